The summed E-state index contributed by atoms with van der Waals surface area (Å²) in [5.74, 6) is -0.654. The normalized spacial score (nSPS) is 13.0. The van der Waals surface area contributed by atoms with E-state index in [1.807, 2.05) is 84.9 Å². The van der Waals surface area contributed by atoms with Crippen LogP contribution in [0.3, 0.4) is 0 Å². The highest BCUT2D eigenvalue weighted by atomic mass is 16.4. The molecule has 34 heavy (non-hydrogen) atoms. The van der Waals surface area contributed by atoms with Gasteiger partial charge in [-0.2, -0.15) is 0 Å². The molecule has 2 N–H and O–H groups in total. The van der Waals surface area contributed by atoms with Gasteiger partial charge < -0.3 is 14.6 Å². The van der Waals surface area contributed by atoms with Gasteiger partial charge in [0.15, 0.2) is 0 Å². The van der Waals surface area contributed by atoms with Crippen molar-refractivity contribution in [3.63, 3.8) is 0 Å². The first kappa shape index (κ1) is 21.7. The zero-order chi connectivity index (χ0) is 23.5. The number of hydrogen-bond acceptors (Lipinski definition) is 4. The van der Waals surface area contributed by atoms with E-state index in [9.17, 15) is 15.0 Å². The van der Waals surface area contributed by atoms with Gasteiger partial charge in [0.05, 0.1) is 17.1 Å². The van der Waals surface area contributed by atoms with E-state index < -0.39 is 17.6 Å². The van der Waals surface area contributed by atoms with Crippen molar-refractivity contribution in [1.82, 2.24) is 0 Å². The monoisotopic (exact) mass is 448 g/mol. The van der Waals surface area contributed by atoms with Crippen molar-refractivity contribution in [3.8, 4) is 16.9 Å². The molecule has 4 nitrogen and oxygen atoms in total. The Kier molecular flexibility index (Phi) is 5.98. The summed E-state index contributed by atoms with van der Waals surface area (Å²) >= 11 is 0. The van der Waals surface area contributed by atoms with E-state index in [0.717, 1.165) is 22.3 Å². The molecule has 1 aromatic heterocycles. The van der Waals surface area contributed by atoms with Crippen LogP contribution < -0.4 is 5.63 Å². The summed E-state index contributed by atoms with van der Waals surface area (Å²) in [6, 6.07) is 34.1. The van der Waals surface area contributed by atoms with E-state index in [2.05, 4.69) is 0 Å². The van der Waals surface area contributed by atoms with Gasteiger partial charge in [-0.25, -0.2) is 4.79 Å². The Bertz CT molecular complexity index is 1460. The van der Waals surface area contributed by atoms with Crippen LogP contribution in [-0.4, -0.2) is 10.2 Å². The first-order valence-corrected chi connectivity index (χ1v) is 11.2. The number of aliphatic hydroxyl groups excluding tert-OH is 1. The molecule has 0 radical (unpaired) electrons. The highest BCUT2D eigenvalue weighted by Crippen LogP contribution is 2.39. The van der Waals surface area contributed by atoms with Crippen LogP contribution in [0.15, 0.2) is 118 Å². The first-order valence-electron chi connectivity index (χ1n) is 11.2. The van der Waals surface area contributed by atoms with E-state index in [4.69, 9.17) is 4.42 Å². The summed E-state index contributed by atoms with van der Waals surface area (Å²) in [7, 11) is 0. The predicted molar refractivity (Wildman–Crippen MR) is 134 cm³/mol. The molecule has 0 amide bonds. The van der Waals surface area contributed by atoms with Gasteiger partial charge in [0.2, 0.25) is 0 Å². The highest BCUT2D eigenvalue weighted by Gasteiger charge is 2.27. The van der Waals surface area contributed by atoms with Crippen LogP contribution in [0.5, 0.6) is 5.75 Å². The lowest BCUT2D eigenvalue weighted by Crippen LogP contribution is -2.17. The second-order valence-corrected chi connectivity index (χ2v) is 8.35. The fourth-order valence-electron chi connectivity index (χ4n) is 4.45. The fraction of sp³-hybridized carbons (Fsp3) is 0.100. The Balaban J connectivity index is 1.52. The third kappa shape index (κ3) is 4.24. The van der Waals surface area contributed by atoms with E-state index in [0.29, 0.717) is 11.0 Å². The maximum atomic E-state index is 13.0. The van der Waals surface area contributed by atoms with Gasteiger partial charge in [0.25, 0.3) is 0 Å². The summed E-state index contributed by atoms with van der Waals surface area (Å²) in [5.41, 5.74) is 3.61. The highest BCUT2D eigenvalue weighted by molar-refractivity contribution is 5.84. The lowest BCUT2D eigenvalue weighted by atomic mass is 9.84. The Morgan fingerprint density at radius 3 is 1.97 bits per heavy atom. The molecule has 0 spiro atoms. The van der Waals surface area contributed by atoms with Gasteiger partial charge in [-0.1, -0.05) is 97.1 Å². The van der Waals surface area contributed by atoms with E-state index in [-0.39, 0.29) is 17.7 Å². The second kappa shape index (κ2) is 9.38. The van der Waals surface area contributed by atoms with Crippen molar-refractivity contribution >= 4 is 11.0 Å². The zero-order valence-corrected chi connectivity index (χ0v) is 18.5. The Morgan fingerprint density at radius 1 is 0.676 bits per heavy atom. The fourth-order valence-corrected chi connectivity index (χ4v) is 4.45. The Labute approximate surface area is 197 Å². The molecule has 0 saturated carbocycles. The summed E-state index contributed by atoms with van der Waals surface area (Å²) < 4.78 is 5.53. The number of fused-ring (bicyclic) bond motifs is 1. The van der Waals surface area contributed by atoms with Crippen LogP contribution in [0.4, 0.5) is 0 Å². The summed E-state index contributed by atoms with van der Waals surface area (Å²) in [5, 5.41) is 22.7. The van der Waals surface area contributed by atoms with Crippen LogP contribution in [0.2, 0.25) is 0 Å². The van der Waals surface area contributed by atoms with Gasteiger partial charge in [-0.05, 0) is 40.8 Å². The number of rotatable bonds is 6. The van der Waals surface area contributed by atoms with E-state index >= 15 is 0 Å². The summed E-state index contributed by atoms with van der Waals surface area (Å²) in [6.45, 7) is 0. The molecule has 168 valence electrons. The molecule has 4 heteroatoms. The molecule has 5 rings (SSSR count). The van der Waals surface area contributed by atoms with Gasteiger partial charge in [0.1, 0.15) is 11.3 Å². The lowest BCUT2D eigenvalue weighted by Gasteiger charge is -2.22. The topological polar surface area (TPSA) is 70.7 Å². The summed E-state index contributed by atoms with van der Waals surface area (Å²) in [4.78, 5) is 13.0. The molecule has 0 fully saturated rings. The van der Waals surface area contributed by atoms with Crippen molar-refractivity contribution in [1.29, 1.82) is 0 Å². The van der Waals surface area contributed by atoms with Crippen molar-refractivity contribution < 1.29 is 14.6 Å². The Hall–Kier alpha value is -4.15. The van der Waals surface area contributed by atoms with Crippen LogP contribution in [-0.2, 0) is 0 Å². The third-order valence-corrected chi connectivity index (χ3v) is 6.23. The number of aliphatic hydroxyl groups is 1. The predicted octanol–water partition coefficient (Wildman–Crippen LogP) is 6.42. The number of benzene rings is 4. The Morgan fingerprint density at radius 2 is 1.26 bits per heavy atom. The molecule has 0 aliphatic heterocycles. The minimum absolute atomic E-state index is 0.104. The molecule has 2 atom stereocenters. The minimum atomic E-state index is -0.847. The first-order chi connectivity index (χ1) is 16.6. The van der Waals surface area contributed by atoms with Gasteiger partial charge in [-0.15, -0.1) is 0 Å². The molecule has 0 aliphatic rings. The molecule has 0 bridgehead atoms. The molecular formula is C30H24O4. The van der Waals surface area contributed by atoms with Crippen LogP contribution in [0.1, 0.15) is 35.1 Å². The van der Waals surface area contributed by atoms with Gasteiger partial charge in [0, 0.05) is 5.92 Å². The molecule has 1 heterocycles. The van der Waals surface area contributed by atoms with Crippen LogP contribution in [0, 0.1) is 0 Å². The molecule has 0 unspecified atom stereocenters. The largest absolute Gasteiger partial charge is 0.507 e. The van der Waals surface area contributed by atoms with Crippen molar-refractivity contribution in [3.05, 3.63) is 136 Å². The van der Waals surface area contributed by atoms with Crippen molar-refractivity contribution in [2.75, 3.05) is 0 Å². The van der Waals surface area contributed by atoms with Crippen LogP contribution >= 0.6 is 0 Å². The average molecular weight is 449 g/mol. The molecule has 4 aromatic carbocycles. The maximum absolute atomic E-state index is 13.0. The minimum Gasteiger partial charge on any atom is -0.507 e. The molecule has 5 aromatic rings. The number of hydrogen-bond donors (Lipinski definition) is 2. The lowest BCUT2D eigenvalue weighted by molar-refractivity contribution is 0.161. The van der Waals surface area contributed by atoms with Crippen molar-refractivity contribution in [2.45, 2.75) is 18.4 Å². The van der Waals surface area contributed by atoms with Crippen molar-refractivity contribution in [2.24, 2.45) is 0 Å². The average Bonchev–Trinajstić information content (AvgIpc) is 2.89. The van der Waals surface area contributed by atoms with E-state index in [1.165, 1.54) is 0 Å². The van der Waals surface area contributed by atoms with Crippen LogP contribution in [0.25, 0.3) is 22.1 Å². The number of para-hydroxylation sites is 1. The molecule has 0 aliphatic carbocycles. The molecular weight excluding hydrogens is 424 g/mol. The zero-order valence-electron chi connectivity index (χ0n) is 18.5. The quantitative estimate of drug-likeness (QED) is 0.294. The standard InChI is InChI=1S/C30H24O4/c31-26(23-17-15-21(16-18-23)20-9-3-1-4-10-20)19-25(22-11-5-2-6-12-22)28-29(32)24-13-7-8-14-27(24)34-30(28)33/h1-18,25-26,31-32H,19H2/t25-,26+/m1/s1. The SMILES string of the molecule is O=c1oc2ccccc2c(O)c1[C@H](C[C@H](O)c1ccc(-c2ccccc2)cc1)c1ccccc1. The smallest absolute Gasteiger partial charge is 0.343 e. The second-order valence-electron chi connectivity index (χ2n) is 8.35. The molecule has 0 saturated heterocycles. The number of aromatic hydroxyl groups is 1. The van der Waals surface area contributed by atoms with Gasteiger partial charge >= 0.3 is 5.63 Å². The van der Waals surface area contributed by atoms with E-state index in [1.54, 1.807) is 24.3 Å². The third-order valence-electron chi connectivity index (χ3n) is 6.23. The maximum Gasteiger partial charge on any atom is 0.343 e. The van der Waals surface area contributed by atoms with Gasteiger partial charge in [-0.3, -0.25) is 0 Å². The summed E-state index contributed by atoms with van der Waals surface area (Å²) in [6.07, 6.45) is -0.633.